The molecule has 2 N–H and O–H groups in total. The first-order valence-electron chi connectivity index (χ1n) is 11.2. The van der Waals surface area contributed by atoms with Gasteiger partial charge in [0.15, 0.2) is 0 Å². The Bertz CT molecular complexity index is 1790. The Morgan fingerprint density at radius 2 is 1.70 bits per heavy atom. The first-order chi connectivity index (χ1) is 17.8. The molecule has 37 heavy (non-hydrogen) atoms. The molecule has 2 aromatic heterocycles. The van der Waals surface area contributed by atoms with Gasteiger partial charge in [-0.1, -0.05) is 30.3 Å². The van der Waals surface area contributed by atoms with Gasteiger partial charge in [-0.3, -0.25) is 10.2 Å². The fraction of sp³-hybridized carbons (Fsp3) is 0.111. The summed E-state index contributed by atoms with van der Waals surface area (Å²) in [6, 6.07) is 18.9. The summed E-state index contributed by atoms with van der Waals surface area (Å²) in [7, 11) is -2.56. The zero-order valence-corrected chi connectivity index (χ0v) is 20.7. The highest BCUT2D eigenvalue weighted by molar-refractivity contribution is 7.89. The summed E-state index contributed by atoms with van der Waals surface area (Å²) in [4.78, 5) is 27.3. The van der Waals surface area contributed by atoms with Crippen LogP contribution >= 0.6 is 0 Å². The second-order valence-corrected chi connectivity index (χ2v) is 10.0. The predicted octanol–water partition coefficient (Wildman–Crippen LogP) is 4.08. The maximum atomic E-state index is 12.7. The lowest BCUT2D eigenvalue weighted by atomic mass is 9.99. The van der Waals surface area contributed by atoms with Crippen molar-refractivity contribution in [2.75, 3.05) is 7.11 Å². The van der Waals surface area contributed by atoms with Crippen LogP contribution in [0.5, 0.6) is 5.75 Å². The highest BCUT2D eigenvalue weighted by atomic mass is 32.2. The number of hydrazine groups is 1. The molecule has 0 aliphatic heterocycles. The molecule has 10 heteroatoms. The van der Waals surface area contributed by atoms with E-state index in [-0.39, 0.29) is 16.9 Å². The highest BCUT2D eigenvalue weighted by Gasteiger charge is 2.20. The normalized spacial score (nSPS) is 11.6. The minimum Gasteiger partial charge on any atom is -0.497 e. The van der Waals surface area contributed by atoms with Gasteiger partial charge in [0.25, 0.3) is 10.0 Å². The number of hydrogen-bond donors (Lipinski definition) is 2. The first-order valence-corrected chi connectivity index (χ1v) is 12.7. The summed E-state index contributed by atoms with van der Waals surface area (Å²) in [6.07, 6.45) is 1.26. The van der Waals surface area contributed by atoms with Gasteiger partial charge in [-0.25, -0.2) is 13.2 Å². The van der Waals surface area contributed by atoms with Crippen molar-refractivity contribution in [3.05, 3.63) is 94.5 Å². The van der Waals surface area contributed by atoms with E-state index >= 15 is 0 Å². The van der Waals surface area contributed by atoms with Gasteiger partial charge < -0.3 is 13.6 Å². The number of benzene rings is 3. The number of sulfonamides is 1. The number of carbonyl (C=O) groups excluding carboxylic acids is 1. The first kappa shape index (κ1) is 24.3. The van der Waals surface area contributed by atoms with Gasteiger partial charge >= 0.3 is 5.63 Å². The van der Waals surface area contributed by atoms with Gasteiger partial charge in [-0.05, 0) is 48.4 Å². The molecule has 0 spiro atoms. The Kier molecular flexibility index (Phi) is 6.28. The molecular formula is C27H22N2O7S. The number of ether oxygens (including phenoxy) is 1. The minimum atomic E-state index is -4.03. The third-order valence-corrected chi connectivity index (χ3v) is 7.36. The van der Waals surface area contributed by atoms with Crippen molar-refractivity contribution < 1.29 is 26.8 Å². The van der Waals surface area contributed by atoms with Crippen LogP contribution in [-0.2, 0) is 21.2 Å². The molecule has 1 amide bonds. The van der Waals surface area contributed by atoms with Crippen LogP contribution in [0.25, 0.3) is 33.1 Å². The van der Waals surface area contributed by atoms with Crippen LogP contribution in [0.15, 0.2) is 91.5 Å². The third kappa shape index (κ3) is 4.72. The van der Waals surface area contributed by atoms with Crippen molar-refractivity contribution in [3.8, 4) is 16.9 Å². The van der Waals surface area contributed by atoms with Crippen molar-refractivity contribution in [3.63, 3.8) is 0 Å². The summed E-state index contributed by atoms with van der Waals surface area (Å²) in [5, 5.41) is 1.48. The van der Waals surface area contributed by atoms with Crippen molar-refractivity contribution in [2.45, 2.75) is 18.2 Å². The smallest absolute Gasteiger partial charge is 0.340 e. The van der Waals surface area contributed by atoms with Gasteiger partial charge in [0.1, 0.15) is 16.9 Å². The van der Waals surface area contributed by atoms with Crippen LogP contribution in [0.3, 0.4) is 0 Å². The number of carbonyl (C=O) groups is 1. The summed E-state index contributed by atoms with van der Waals surface area (Å²) >= 11 is 0. The zero-order chi connectivity index (χ0) is 26.2. The van der Waals surface area contributed by atoms with E-state index in [1.165, 1.54) is 31.4 Å². The number of amides is 1. The molecule has 0 unspecified atom stereocenters. The van der Waals surface area contributed by atoms with E-state index in [1.807, 2.05) is 41.2 Å². The van der Waals surface area contributed by atoms with E-state index in [0.717, 1.165) is 16.5 Å². The van der Waals surface area contributed by atoms with Crippen LogP contribution in [0.2, 0.25) is 0 Å². The molecule has 188 valence electrons. The summed E-state index contributed by atoms with van der Waals surface area (Å²) in [5.74, 6) is -0.230. The summed E-state index contributed by atoms with van der Waals surface area (Å²) < 4.78 is 41.2. The molecule has 0 radical (unpaired) electrons. The molecule has 5 rings (SSSR count). The Morgan fingerprint density at radius 3 is 2.41 bits per heavy atom. The molecule has 9 nitrogen and oxygen atoms in total. The fourth-order valence-corrected chi connectivity index (χ4v) is 4.96. The SMILES string of the molecule is COc1ccc(S(=O)(=O)NNC(=O)Cc2c(C)c3cc4c(-c5ccccc5)coc4cc3oc2=O)cc1. The topological polar surface area (TPSA) is 128 Å². The lowest BCUT2D eigenvalue weighted by Crippen LogP contribution is -2.42. The van der Waals surface area contributed by atoms with Gasteiger partial charge in [-0.2, -0.15) is 0 Å². The molecule has 3 aromatic carbocycles. The zero-order valence-electron chi connectivity index (χ0n) is 19.9. The fourth-order valence-electron chi connectivity index (χ4n) is 4.10. The lowest BCUT2D eigenvalue weighted by molar-refractivity contribution is -0.120. The van der Waals surface area contributed by atoms with Crippen molar-refractivity contribution in [1.29, 1.82) is 0 Å². The molecule has 0 bridgehead atoms. The van der Waals surface area contributed by atoms with E-state index in [9.17, 15) is 18.0 Å². The van der Waals surface area contributed by atoms with Crippen molar-refractivity contribution in [2.24, 2.45) is 0 Å². The van der Waals surface area contributed by atoms with Gasteiger partial charge in [0.05, 0.1) is 30.3 Å². The molecule has 0 saturated carbocycles. The number of nitrogens with one attached hydrogen (secondary N) is 2. The number of furan rings is 1. The van der Waals surface area contributed by atoms with Gasteiger partial charge in [0.2, 0.25) is 5.91 Å². The van der Waals surface area contributed by atoms with E-state index in [2.05, 4.69) is 5.43 Å². The maximum absolute atomic E-state index is 12.7. The number of rotatable bonds is 7. The number of methoxy groups -OCH3 is 1. The third-order valence-electron chi connectivity index (χ3n) is 6.10. The largest absolute Gasteiger partial charge is 0.497 e. The van der Waals surface area contributed by atoms with E-state index < -0.39 is 21.6 Å². The molecule has 5 aromatic rings. The Hall–Kier alpha value is -4.41. The number of hydrogen-bond acceptors (Lipinski definition) is 7. The molecular weight excluding hydrogens is 496 g/mol. The van der Waals surface area contributed by atoms with Crippen LogP contribution in [0.1, 0.15) is 11.1 Å². The van der Waals surface area contributed by atoms with E-state index in [1.54, 1.807) is 19.3 Å². The van der Waals surface area contributed by atoms with Crippen LogP contribution < -0.4 is 20.6 Å². The summed E-state index contributed by atoms with van der Waals surface area (Å²) in [5.41, 5.74) is 4.89. The predicted molar refractivity (Wildman–Crippen MR) is 138 cm³/mol. The van der Waals surface area contributed by atoms with Gasteiger partial charge in [0, 0.05) is 22.4 Å². The van der Waals surface area contributed by atoms with Gasteiger partial charge in [-0.15, -0.1) is 4.83 Å². The molecule has 0 atom stereocenters. The van der Waals surface area contributed by atoms with Crippen LogP contribution in [0, 0.1) is 6.92 Å². The minimum absolute atomic E-state index is 0.0617. The second-order valence-electron chi connectivity index (χ2n) is 8.36. The lowest BCUT2D eigenvalue weighted by Gasteiger charge is -2.11. The van der Waals surface area contributed by atoms with Crippen LogP contribution in [-0.4, -0.2) is 21.4 Å². The Morgan fingerprint density at radius 1 is 0.973 bits per heavy atom. The molecule has 0 saturated heterocycles. The van der Waals surface area contributed by atoms with E-state index in [0.29, 0.717) is 27.9 Å². The van der Waals surface area contributed by atoms with Crippen molar-refractivity contribution >= 4 is 37.9 Å². The van der Waals surface area contributed by atoms with Crippen LogP contribution in [0.4, 0.5) is 0 Å². The van der Waals surface area contributed by atoms with E-state index in [4.69, 9.17) is 13.6 Å². The van der Waals surface area contributed by atoms with Crippen molar-refractivity contribution in [1.82, 2.24) is 10.3 Å². The Labute approximate surface area is 211 Å². The molecule has 2 heterocycles. The second kappa shape index (κ2) is 9.57. The monoisotopic (exact) mass is 518 g/mol. The molecule has 0 aliphatic carbocycles. The summed E-state index contributed by atoms with van der Waals surface area (Å²) in [6.45, 7) is 1.72. The average Bonchev–Trinajstić information content (AvgIpc) is 3.32. The highest BCUT2D eigenvalue weighted by Crippen LogP contribution is 2.34. The number of fused-ring (bicyclic) bond motifs is 2. The quantitative estimate of drug-likeness (QED) is 0.245. The molecule has 0 fully saturated rings. The maximum Gasteiger partial charge on any atom is 0.340 e. The molecule has 0 aliphatic rings. The average molecular weight is 519 g/mol. The number of aryl methyl sites for hydroxylation is 1. The Balaban J connectivity index is 1.41. The standard InChI is InChI=1S/C27H22N2O7S/c1-16-20-12-22-23(17-6-4-3-5-7-17)15-35-24(22)14-25(20)36-27(31)21(16)13-26(30)28-29-37(32,33)19-10-8-18(34-2)9-11-19/h3-12,14-15,29H,13H2,1-2H3,(H,28,30).